The molecular formula is C15H15BrN2O2. The fourth-order valence-electron chi connectivity index (χ4n) is 1.77. The van der Waals surface area contributed by atoms with Crippen LogP contribution in [0.1, 0.15) is 21.6 Å². The lowest BCUT2D eigenvalue weighted by Crippen LogP contribution is -2.24. The summed E-state index contributed by atoms with van der Waals surface area (Å²) in [5.41, 5.74) is 2.45. The molecule has 4 nitrogen and oxygen atoms in total. The second kappa shape index (κ2) is 6.52. The maximum absolute atomic E-state index is 12.2. The number of ether oxygens (including phenoxy) is 1. The number of hydrogen-bond donors (Lipinski definition) is 1. The predicted octanol–water partition coefficient (Wildman–Crippen LogP) is 3.09. The van der Waals surface area contributed by atoms with Crippen LogP contribution in [0.15, 0.2) is 41.0 Å². The minimum absolute atomic E-state index is 0.166. The first-order valence-electron chi connectivity index (χ1n) is 6.14. The maximum atomic E-state index is 12.2. The summed E-state index contributed by atoms with van der Waals surface area (Å²) in [5.74, 6) is 0.480. The van der Waals surface area contributed by atoms with E-state index >= 15 is 0 Å². The smallest absolute Gasteiger partial charge is 0.252 e. The Morgan fingerprint density at radius 3 is 2.90 bits per heavy atom. The van der Waals surface area contributed by atoms with Crippen molar-refractivity contribution in [3.8, 4) is 5.75 Å². The molecule has 0 aliphatic carbocycles. The molecule has 0 aliphatic heterocycles. The maximum Gasteiger partial charge on any atom is 0.252 e. The van der Waals surface area contributed by atoms with Crippen LogP contribution >= 0.6 is 15.9 Å². The summed E-state index contributed by atoms with van der Waals surface area (Å²) in [7, 11) is 1.57. The van der Waals surface area contributed by atoms with E-state index in [-0.39, 0.29) is 5.91 Å². The quantitative estimate of drug-likeness (QED) is 0.934. The van der Waals surface area contributed by atoms with Crippen molar-refractivity contribution >= 4 is 21.8 Å². The highest BCUT2D eigenvalue weighted by Gasteiger charge is 2.11. The minimum atomic E-state index is -0.166. The zero-order valence-corrected chi connectivity index (χ0v) is 12.9. The van der Waals surface area contributed by atoms with Crippen LogP contribution in [-0.2, 0) is 6.54 Å². The summed E-state index contributed by atoms with van der Waals surface area (Å²) in [6.07, 6.45) is 1.72. The molecule has 2 rings (SSSR count). The van der Waals surface area contributed by atoms with E-state index in [1.54, 1.807) is 31.5 Å². The van der Waals surface area contributed by atoms with Crippen molar-refractivity contribution in [1.29, 1.82) is 0 Å². The molecule has 1 amide bonds. The van der Waals surface area contributed by atoms with Crippen molar-refractivity contribution < 1.29 is 9.53 Å². The van der Waals surface area contributed by atoms with Gasteiger partial charge in [-0.25, -0.2) is 0 Å². The van der Waals surface area contributed by atoms with Gasteiger partial charge in [0.05, 0.1) is 24.9 Å². The highest BCUT2D eigenvalue weighted by molar-refractivity contribution is 9.10. The van der Waals surface area contributed by atoms with E-state index in [1.165, 1.54) is 0 Å². The molecule has 5 heteroatoms. The van der Waals surface area contributed by atoms with Crippen molar-refractivity contribution in [1.82, 2.24) is 10.3 Å². The van der Waals surface area contributed by atoms with Gasteiger partial charge >= 0.3 is 0 Å². The number of amides is 1. The number of nitrogens with zero attached hydrogens (tertiary/aromatic N) is 1. The summed E-state index contributed by atoms with van der Waals surface area (Å²) >= 11 is 3.37. The molecule has 1 aromatic carbocycles. The molecule has 0 atom stereocenters. The zero-order valence-electron chi connectivity index (χ0n) is 11.3. The van der Waals surface area contributed by atoms with Crippen molar-refractivity contribution in [2.75, 3.05) is 7.11 Å². The standard InChI is InChI=1S/C15H15BrN2O2/c1-10-4-3-7-17-14(10)9-18-15(19)12-8-11(20-2)5-6-13(12)16/h3-8H,9H2,1-2H3,(H,18,19). The number of carbonyl (C=O) groups excluding carboxylic acids is 1. The number of halogens is 1. The number of rotatable bonds is 4. The lowest BCUT2D eigenvalue weighted by molar-refractivity contribution is 0.0949. The Bertz CT molecular complexity index is 629. The largest absolute Gasteiger partial charge is 0.497 e. The first kappa shape index (κ1) is 14.5. The first-order chi connectivity index (χ1) is 9.61. The van der Waals surface area contributed by atoms with Gasteiger partial charge in [-0.2, -0.15) is 0 Å². The molecule has 1 heterocycles. The monoisotopic (exact) mass is 334 g/mol. The summed E-state index contributed by atoms with van der Waals surface area (Å²) < 4.78 is 5.86. The molecule has 2 aromatic rings. The number of methoxy groups -OCH3 is 1. The van der Waals surface area contributed by atoms with E-state index in [0.717, 1.165) is 15.7 Å². The van der Waals surface area contributed by atoms with Gasteiger partial charge in [0, 0.05) is 10.7 Å². The summed E-state index contributed by atoms with van der Waals surface area (Å²) in [5, 5.41) is 2.86. The van der Waals surface area contributed by atoms with Gasteiger partial charge in [-0.1, -0.05) is 6.07 Å². The van der Waals surface area contributed by atoms with Crippen LogP contribution in [0.25, 0.3) is 0 Å². The van der Waals surface area contributed by atoms with Crippen LogP contribution in [0.2, 0.25) is 0 Å². The molecule has 0 fully saturated rings. The SMILES string of the molecule is COc1ccc(Br)c(C(=O)NCc2ncccc2C)c1. The Balaban J connectivity index is 2.11. The van der Waals surface area contributed by atoms with Crippen LogP contribution < -0.4 is 10.1 Å². The van der Waals surface area contributed by atoms with Gasteiger partial charge in [0.25, 0.3) is 5.91 Å². The summed E-state index contributed by atoms with van der Waals surface area (Å²) in [6.45, 7) is 2.37. The highest BCUT2D eigenvalue weighted by atomic mass is 79.9. The average Bonchev–Trinajstić information content (AvgIpc) is 2.46. The normalized spacial score (nSPS) is 10.2. The van der Waals surface area contributed by atoms with Crippen molar-refractivity contribution in [3.63, 3.8) is 0 Å². The lowest BCUT2D eigenvalue weighted by Gasteiger charge is -2.09. The third-order valence-electron chi connectivity index (χ3n) is 2.95. The van der Waals surface area contributed by atoms with Crippen LogP contribution in [0, 0.1) is 6.92 Å². The van der Waals surface area contributed by atoms with Crippen LogP contribution in [0.4, 0.5) is 0 Å². The third-order valence-corrected chi connectivity index (χ3v) is 3.64. The second-order valence-electron chi connectivity index (χ2n) is 4.30. The van der Waals surface area contributed by atoms with Crippen molar-refractivity contribution in [3.05, 3.63) is 57.8 Å². The Labute approximate surface area is 126 Å². The molecule has 0 saturated carbocycles. The van der Waals surface area contributed by atoms with Crippen molar-refractivity contribution in [2.24, 2.45) is 0 Å². The molecule has 0 spiro atoms. The molecule has 1 N–H and O–H groups in total. The molecule has 20 heavy (non-hydrogen) atoms. The van der Waals surface area contributed by atoms with Crippen LogP contribution in [-0.4, -0.2) is 18.0 Å². The number of carbonyl (C=O) groups is 1. The number of aromatic nitrogens is 1. The fraction of sp³-hybridized carbons (Fsp3) is 0.200. The van der Waals surface area contributed by atoms with Gasteiger partial charge in [0.15, 0.2) is 0 Å². The number of benzene rings is 1. The molecule has 104 valence electrons. The van der Waals surface area contributed by atoms with Gasteiger partial charge in [0.1, 0.15) is 5.75 Å². The third kappa shape index (κ3) is 3.36. The van der Waals surface area contributed by atoms with Gasteiger partial charge in [-0.3, -0.25) is 9.78 Å². The van der Waals surface area contributed by atoms with Crippen LogP contribution in [0.5, 0.6) is 5.75 Å². The average molecular weight is 335 g/mol. The Morgan fingerprint density at radius 2 is 2.20 bits per heavy atom. The number of nitrogens with one attached hydrogen (secondary N) is 1. The topological polar surface area (TPSA) is 51.2 Å². The fourth-order valence-corrected chi connectivity index (χ4v) is 2.19. The van der Waals surface area contributed by atoms with E-state index in [0.29, 0.717) is 17.9 Å². The lowest BCUT2D eigenvalue weighted by atomic mass is 10.2. The van der Waals surface area contributed by atoms with E-state index in [4.69, 9.17) is 4.74 Å². The Kier molecular flexibility index (Phi) is 4.74. The summed E-state index contributed by atoms with van der Waals surface area (Å²) in [4.78, 5) is 16.4. The van der Waals surface area contributed by atoms with E-state index in [2.05, 4.69) is 26.2 Å². The van der Waals surface area contributed by atoms with Gasteiger partial charge in [0.2, 0.25) is 0 Å². The number of aryl methyl sites for hydroxylation is 1. The van der Waals surface area contributed by atoms with Gasteiger partial charge < -0.3 is 10.1 Å². The number of hydrogen-bond acceptors (Lipinski definition) is 3. The Morgan fingerprint density at radius 1 is 1.40 bits per heavy atom. The molecular weight excluding hydrogens is 320 g/mol. The zero-order chi connectivity index (χ0) is 14.5. The highest BCUT2D eigenvalue weighted by Crippen LogP contribution is 2.22. The molecule has 0 unspecified atom stereocenters. The molecule has 0 radical (unpaired) electrons. The second-order valence-corrected chi connectivity index (χ2v) is 5.15. The molecule has 1 aromatic heterocycles. The van der Waals surface area contributed by atoms with E-state index in [9.17, 15) is 4.79 Å². The van der Waals surface area contributed by atoms with Crippen molar-refractivity contribution in [2.45, 2.75) is 13.5 Å². The minimum Gasteiger partial charge on any atom is -0.497 e. The molecule has 0 bridgehead atoms. The number of pyridine rings is 1. The Hall–Kier alpha value is -1.88. The van der Waals surface area contributed by atoms with E-state index in [1.807, 2.05) is 19.1 Å². The van der Waals surface area contributed by atoms with Crippen LogP contribution in [0.3, 0.4) is 0 Å². The summed E-state index contributed by atoms with van der Waals surface area (Å²) in [6, 6.07) is 9.13. The van der Waals surface area contributed by atoms with Gasteiger partial charge in [-0.05, 0) is 52.7 Å². The molecule has 0 saturated heterocycles. The first-order valence-corrected chi connectivity index (χ1v) is 6.93. The van der Waals surface area contributed by atoms with E-state index < -0.39 is 0 Å². The molecule has 0 aliphatic rings. The predicted molar refractivity (Wildman–Crippen MR) is 80.8 cm³/mol. The van der Waals surface area contributed by atoms with Gasteiger partial charge in [-0.15, -0.1) is 0 Å².